The Morgan fingerprint density at radius 2 is 2.21 bits per heavy atom. The molecular formula is C14H15N3O2. The molecule has 2 atom stereocenters. The second-order valence-corrected chi connectivity index (χ2v) is 4.68. The molecule has 1 unspecified atom stereocenters. The second-order valence-electron chi connectivity index (χ2n) is 4.68. The van der Waals surface area contributed by atoms with Gasteiger partial charge < -0.3 is 15.8 Å². The first kappa shape index (κ1) is 11.9. The summed E-state index contributed by atoms with van der Waals surface area (Å²) < 4.78 is 5.89. The lowest BCUT2D eigenvalue weighted by Crippen LogP contribution is -2.36. The van der Waals surface area contributed by atoms with E-state index in [9.17, 15) is 4.79 Å². The Morgan fingerprint density at radius 1 is 1.37 bits per heavy atom. The van der Waals surface area contributed by atoms with Crippen LogP contribution < -0.4 is 15.8 Å². The fourth-order valence-electron chi connectivity index (χ4n) is 2.35. The highest BCUT2D eigenvalue weighted by atomic mass is 16.5. The molecule has 1 amide bonds. The summed E-state index contributed by atoms with van der Waals surface area (Å²) in [6.45, 7) is 0.610. The Morgan fingerprint density at radius 3 is 3.00 bits per heavy atom. The molecule has 2 aromatic rings. The minimum Gasteiger partial charge on any atom is -0.472 e. The number of nitrogens with zero attached hydrogens (tertiary/aromatic N) is 1. The number of benzene rings is 1. The van der Waals surface area contributed by atoms with Crippen molar-refractivity contribution in [3.05, 3.63) is 36.5 Å². The maximum Gasteiger partial charge on any atom is 0.234 e. The molecule has 1 fully saturated rings. The summed E-state index contributed by atoms with van der Waals surface area (Å²) in [5, 5.41) is 5.11. The van der Waals surface area contributed by atoms with Crippen LogP contribution in [0.3, 0.4) is 0 Å². The standard InChI is InChI=1S/C14H15N3O2/c15-13(18)12-7-10(8-17-12)19-14-11-4-2-1-3-9(11)5-6-16-14/h1-6,10,12,17H,7-8H2,(H2,15,18)/t10?,12-/m0/s1. The number of carbonyl (C=O) groups excluding carboxylic acids is 1. The predicted molar refractivity (Wildman–Crippen MR) is 71.8 cm³/mol. The zero-order valence-electron chi connectivity index (χ0n) is 10.4. The van der Waals surface area contributed by atoms with Gasteiger partial charge in [-0.3, -0.25) is 4.79 Å². The van der Waals surface area contributed by atoms with Crippen LogP contribution in [0.2, 0.25) is 0 Å². The molecule has 1 aliphatic rings. The maximum absolute atomic E-state index is 11.1. The smallest absolute Gasteiger partial charge is 0.234 e. The predicted octanol–water partition coefficient (Wildman–Crippen LogP) is 0.829. The number of aromatic nitrogens is 1. The fourth-order valence-corrected chi connectivity index (χ4v) is 2.35. The van der Waals surface area contributed by atoms with Gasteiger partial charge in [-0.15, -0.1) is 0 Å². The summed E-state index contributed by atoms with van der Waals surface area (Å²) >= 11 is 0. The molecule has 1 aliphatic heterocycles. The third-order valence-corrected chi connectivity index (χ3v) is 3.35. The molecule has 98 valence electrons. The van der Waals surface area contributed by atoms with Crippen LogP contribution in [0.15, 0.2) is 36.5 Å². The van der Waals surface area contributed by atoms with Gasteiger partial charge in [0.2, 0.25) is 11.8 Å². The molecule has 0 aliphatic carbocycles. The number of pyridine rings is 1. The average Bonchev–Trinajstić information content (AvgIpc) is 2.88. The van der Waals surface area contributed by atoms with E-state index in [0.717, 1.165) is 10.8 Å². The minimum absolute atomic E-state index is 0.0733. The first-order chi connectivity index (χ1) is 9.24. The molecule has 5 heteroatoms. The van der Waals surface area contributed by atoms with Gasteiger partial charge in [0.25, 0.3) is 0 Å². The van der Waals surface area contributed by atoms with Crippen LogP contribution in [0.1, 0.15) is 6.42 Å². The Hall–Kier alpha value is -2.14. The molecule has 3 rings (SSSR count). The number of hydrogen-bond donors (Lipinski definition) is 2. The van der Waals surface area contributed by atoms with Gasteiger partial charge in [-0.1, -0.05) is 18.2 Å². The highest BCUT2D eigenvalue weighted by molar-refractivity contribution is 5.86. The van der Waals surface area contributed by atoms with Crippen molar-refractivity contribution >= 4 is 16.7 Å². The zero-order chi connectivity index (χ0) is 13.2. The van der Waals surface area contributed by atoms with Crippen LogP contribution in [0, 0.1) is 0 Å². The lowest BCUT2D eigenvalue weighted by Gasteiger charge is -2.13. The van der Waals surface area contributed by atoms with Crippen LogP contribution in [-0.4, -0.2) is 29.6 Å². The maximum atomic E-state index is 11.1. The Labute approximate surface area is 110 Å². The number of hydrogen-bond acceptors (Lipinski definition) is 4. The summed E-state index contributed by atoms with van der Waals surface area (Å²) in [7, 11) is 0. The largest absolute Gasteiger partial charge is 0.472 e. The second kappa shape index (κ2) is 4.85. The third-order valence-electron chi connectivity index (χ3n) is 3.35. The molecule has 2 heterocycles. The van der Waals surface area contributed by atoms with E-state index in [4.69, 9.17) is 10.5 Å². The molecule has 0 bridgehead atoms. The lowest BCUT2D eigenvalue weighted by molar-refractivity contribution is -0.119. The van der Waals surface area contributed by atoms with E-state index in [0.29, 0.717) is 18.8 Å². The molecule has 5 nitrogen and oxygen atoms in total. The van der Waals surface area contributed by atoms with E-state index in [1.54, 1.807) is 6.20 Å². The van der Waals surface area contributed by atoms with Gasteiger partial charge in [0.15, 0.2) is 0 Å². The molecule has 0 spiro atoms. The van der Waals surface area contributed by atoms with Crippen LogP contribution >= 0.6 is 0 Å². The van der Waals surface area contributed by atoms with Crippen LogP contribution in [0.4, 0.5) is 0 Å². The van der Waals surface area contributed by atoms with E-state index in [1.165, 1.54) is 0 Å². The number of nitrogens with one attached hydrogen (secondary N) is 1. The number of amides is 1. The van der Waals surface area contributed by atoms with Crippen molar-refractivity contribution < 1.29 is 9.53 Å². The van der Waals surface area contributed by atoms with Crippen LogP contribution in [0.5, 0.6) is 5.88 Å². The minimum atomic E-state index is -0.336. The van der Waals surface area contributed by atoms with Gasteiger partial charge in [-0.05, 0) is 17.5 Å². The average molecular weight is 257 g/mol. The van der Waals surface area contributed by atoms with E-state index in [2.05, 4.69) is 10.3 Å². The van der Waals surface area contributed by atoms with Crippen LogP contribution in [-0.2, 0) is 4.79 Å². The number of carbonyl (C=O) groups is 1. The quantitative estimate of drug-likeness (QED) is 0.853. The summed E-state index contributed by atoms with van der Waals surface area (Å²) in [6, 6.07) is 9.57. The van der Waals surface area contributed by atoms with E-state index in [1.807, 2.05) is 30.3 Å². The zero-order valence-corrected chi connectivity index (χ0v) is 10.4. The summed E-state index contributed by atoms with van der Waals surface area (Å²) in [4.78, 5) is 15.4. The summed E-state index contributed by atoms with van der Waals surface area (Å²) in [5.41, 5.74) is 5.27. The Bertz CT molecular complexity index is 609. The lowest BCUT2D eigenvalue weighted by atomic mass is 10.1. The van der Waals surface area contributed by atoms with Gasteiger partial charge in [0, 0.05) is 24.5 Å². The van der Waals surface area contributed by atoms with Crippen LogP contribution in [0.25, 0.3) is 10.8 Å². The molecule has 3 N–H and O–H groups in total. The Balaban J connectivity index is 1.81. The normalized spacial score (nSPS) is 22.5. The van der Waals surface area contributed by atoms with Gasteiger partial charge >= 0.3 is 0 Å². The van der Waals surface area contributed by atoms with Gasteiger partial charge in [0.1, 0.15) is 6.10 Å². The first-order valence-corrected chi connectivity index (χ1v) is 6.27. The van der Waals surface area contributed by atoms with Crippen molar-refractivity contribution in [3.8, 4) is 5.88 Å². The molecule has 1 saturated heterocycles. The number of primary amides is 1. The SMILES string of the molecule is NC(=O)[C@@H]1CC(Oc2nccc3ccccc23)CN1. The van der Waals surface area contributed by atoms with E-state index in [-0.39, 0.29) is 18.1 Å². The number of nitrogens with two attached hydrogens (primary N) is 1. The van der Waals surface area contributed by atoms with Gasteiger partial charge in [-0.2, -0.15) is 0 Å². The molecule has 0 radical (unpaired) electrons. The molecular weight excluding hydrogens is 242 g/mol. The van der Waals surface area contributed by atoms with Crippen molar-refractivity contribution in [3.63, 3.8) is 0 Å². The first-order valence-electron chi connectivity index (χ1n) is 6.27. The van der Waals surface area contributed by atoms with Crippen molar-refractivity contribution in [2.75, 3.05) is 6.54 Å². The van der Waals surface area contributed by atoms with Crippen molar-refractivity contribution in [2.45, 2.75) is 18.6 Å². The number of ether oxygens (including phenoxy) is 1. The van der Waals surface area contributed by atoms with Gasteiger partial charge in [0.05, 0.1) is 6.04 Å². The monoisotopic (exact) mass is 257 g/mol. The third kappa shape index (κ3) is 2.37. The van der Waals surface area contributed by atoms with E-state index < -0.39 is 0 Å². The molecule has 1 aromatic carbocycles. The summed E-state index contributed by atoms with van der Waals surface area (Å²) in [5.74, 6) is 0.270. The van der Waals surface area contributed by atoms with E-state index >= 15 is 0 Å². The topological polar surface area (TPSA) is 77.2 Å². The molecule has 0 saturated carbocycles. The molecule has 1 aromatic heterocycles. The Kier molecular flexibility index (Phi) is 3.05. The fraction of sp³-hybridized carbons (Fsp3) is 0.286. The van der Waals surface area contributed by atoms with Gasteiger partial charge in [-0.25, -0.2) is 4.98 Å². The molecule has 19 heavy (non-hydrogen) atoms. The number of fused-ring (bicyclic) bond motifs is 1. The van der Waals surface area contributed by atoms with Crippen molar-refractivity contribution in [1.82, 2.24) is 10.3 Å². The highest BCUT2D eigenvalue weighted by Gasteiger charge is 2.29. The van der Waals surface area contributed by atoms with Crippen molar-refractivity contribution in [2.24, 2.45) is 5.73 Å². The number of rotatable bonds is 3. The highest BCUT2D eigenvalue weighted by Crippen LogP contribution is 2.24. The summed E-state index contributed by atoms with van der Waals surface area (Å²) in [6.07, 6.45) is 2.24. The van der Waals surface area contributed by atoms with Crippen molar-refractivity contribution in [1.29, 1.82) is 0 Å².